The van der Waals surface area contributed by atoms with Gasteiger partial charge in [-0.2, -0.15) is 5.10 Å². The lowest BCUT2D eigenvalue weighted by molar-refractivity contribution is -0.122. The number of nitrogens with one attached hydrogen (secondary N) is 1. The van der Waals surface area contributed by atoms with Crippen molar-refractivity contribution < 1.29 is 14.3 Å². The van der Waals surface area contributed by atoms with Crippen LogP contribution in [0.2, 0.25) is 0 Å². The first-order chi connectivity index (χ1) is 11.6. The predicted molar refractivity (Wildman–Crippen MR) is 87.3 cm³/mol. The van der Waals surface area contributed by atoms with Crippen molar-refractivity contribution in [2.45, 2.75) is 76.0 Å². The van der Waals surface area contributed by atoms with E-state index in [9.17, 15) is 9.59 Å². The molecule has 6 heteroatoms. The van der Waals surface area contributed by atoms with Crippen LogP contribution in [0.4, 0.5) is 0 Å². The molecule has 0 bridgehead atoms. The quantitative estimate of drug-likeness (QED) is 0.813. The number of esters is 1. The normalized spacial score (nSPS) is 22.8. The summed E-state index contributed by atoms with van der Waals surface area (Å²) in [4.78, 5) is 24.4. The van der Waals surface area contributed by atoms with Crippen molar-refractivity contribution in [3.05, 3.63) is 18.0 Å². The number of hydrogen-bond acceptors (Lipinski definition) is 4. The molecule has 6 nitrogen and oxygen atoms in total. The number of amides is 1. The molecule has 3 aliphatic rings. The van der Waals surface area contributed by atoms with Crippen LogP contribution in [0.15, 0.2) is 12.4 Å². The summed E-state index contributed by atoms with van der Waals surface area (Å²) in [6, 6.07) is 0.291. The third-order valence-electron chi connectivity index (χ3n) is 5.50. The molecule has 0 spiro atoms. The number of carbonyl (C=O) groups excluding carboxylic acids is 2. The molecule has 1 aromatic heterocycles. The van der Waals surface area contributed by atoms with E-state index in [0.717, 1.165) is 25.7 Å². The number of aromatic nitrogens is 2. The van der Waals surface area contributed by atoms with Gasteiger partial charge in [0.05, 0.1) is 11.8 Å². The largest absolute Gasteiger partial charge is 0.455 e. The SMILES string of the molecule is O=C(Cn1cc(C(=O)OC2(C3CC3)CC2)cn1)NC1CCCCC1. The third kappa shape index (κ3) is 3.47. The zero-order chi connectivity index (χ0) is 16.6. The van der Waals surface area contributed by atoms with Gasteiger partial charge in [-0.3, -0.25) is 9.48 Å². The van der Waals surface area contributed by atoms with Crippen molar-refractivity contribution in [3.63, 3.8) is 0 Å². The van der Waals surface area contributed by atoms with E-state index in [1.165, 1.54) is 43.0 Å². The minimum atomic E-state index is -0.307. The van der Waals surface area contributed by atoms with E-state index in [0.29, 0.717) is 17.5 Å². The Morgan fingerprint density at radius 2 is 1.96 bits per heavy atom. The highest BCUT2D eigenvalue weighted by Gasteiger charge is 2.57. The lowest BCUT2D eigenvalue weighted by Gasteiger charge is -2.22. The monoisotopic (exact) mass is 331 g/mol. The molecule has 24 heavy (non-hydrogen) atoms. The number of hydrogen-bond donors (Lipinski definition) is 1. The average Bonchev–Trinajstić information content (AvgIpc) is 3.48. The summed E-state index contributed by atoms with van der Waals surface area (Å²) in [5, 5.41) is 7.20. The Balaban J connectivity index is 1.29. The molecule has 0 radical (unpaired) electrons. The van der Waals surface area contributed by atoms with Crippen molar-refractivity contribution in [2.75, 3.05) is 0 Å². The highest BCUT2D eigenvalue weighted by Crippen LogP contribution is 2.56. The van der Waals surface area contributed by atoms with Crippen LogP contribution in [0, 0.1) is 5.92 Å². The van der Waals surface area contributed by atoms with Gasteiger partial charge < -0.3 is 10.1 Å². The lowest BCUT2D eigenvalue weighted by Crippen LogP contribution is -2.38. The van der Waals surface area contributed by atoms with E-state index in [2.05, 4.69) is 10.4 Å². The molecule has 3 saturated carbocycles. The summed E-state index contributed by atoms with van der Waals surface area (Å²) in [6.07, 6.45) is 13.2. The first kappa shape index (κ1) is 15.7. The first-order valence-electron chi connectivity index (χ1n) is 9.20. The molecule has 4 rings (SSSR count). The van der Waals surface area contributed by atoms with Gasteiger partial charge >= 0.3 is 5.97 Å². The Hall–Kier alpha value is -1.85. The summed E-state index contributed by atoms with van der Waals surface area (Å²) >= 11 is 0. The van der Waals surface area contributed by atoms with Gasteiger partial charge in [0.2, 0.25) is 5.91 Å². The minimum Gasteiger partial charge on any atom is -0.455 e. The van der Waals surface area contributed by atoms with Crippen molar-refractivity contribution in [2.24, 2.45) is 5.92 Å². The average molecular weight is 331 g/mol. The Morgan fingerprint density at radius 1 is 1.21 bits per heavy atom. The summed E-state index contributed by atoms with van der Waals surface area (Å²) < 4.78 is 7.23. The van der Waals surface area contributed by atoms with E-state index >= 15 is 0 Å². The molecule has 0 unspecified atom stereocenters. The molecule has 0 saturated heterocycles. The summed E-state index contributed by atoms with van der Waals surface area (Å²) in [6.45, 7) is 0.150. The van der Waals surface area contributed by atoms with Crippen molar-refractivity contribution in [1.29, 1.82) is 0 Å². The molecule has 1 heterocycles. The maximum absolute atomic E-state index is 12.3. The van der Waals surface area contributed by atoms with Crippen molar-refractivity contribution >= 4 is 11.9 Å². The van der Waals surface area contributed by atoms with E-state index in [-0.39, 0.29) is 24.0 Å². The molecule has 130 valence electrons. The Kier molecular flexibility index (Phi) is 4.06. The van der Waals surface area contributed by atoms with Gasteiger partial charge in [0.25, 0.3) is 0 Å². The smallest absolute Gasteiger partial charge is 0.341 e. The number of rotatable bonds is 6. The molecule has 0 aromatic carbocycles. The van der Waals surface area contributed by atoms with Crippen molar-refractivity contribution in [1.82, 2.24) is 15.1 Å². The van der Waals surface area contributed by atoms with E-state index < -0.39 is 0 Å². The summed E-state index contributed by atoms with van der Waals surface area (Å²) in [5.41, 5.74) is 0.254. The molecule has 1 aromatic rings. The second kappa shape index (κ2) is 6.22. The van der Waals surface area contributed by atoms with Gasteiger partial charge in [-0.15, -0.1) is 0 Å². The van der Waals surface area contributed by atoms with Crippen LogP contribution in [0.5, 0.6) is 0 Å². The van der Waals surface area contributed by atoms with Crippen LogP contribution in [-0.4, -0.2) is 33.3 Å². The topological polar surface area (TPSA) is 73.2 Å². The van der Waals surface area contributed by atoms with E-state index in [1.54, 1.807) is 6.20 Å². The molecule has 3 aliphatic carbocycles. The second-order valence-electron chi connectivity index (χ2n) is 7.56. The van der Waals surface area contributed by atoms with Gasteiger partial charge in [0.1, 0.15) is 12.1 Å². The fourth-order valence-electron chi connectivity index (χ4n) is 3.79. The van der Waals surface area contributed by atoms with Gasteiger partial charge in [-0.1, -0.05) is 19.3 Å². The second-order valence-corrected chi connectivity index (χ2v) is 7.56. The van der Waals surface area contributed by atoms with Crippen LogP contribution in [0.3, 0.4) is 0 Å². The Bertz CT molecular complexity index is 625. The fraction of sp³-hybridized carbons (Fsp3) is 0.722. The van der Waals surface area contributed by atoms with Crippen molar-refractivity contribution in [3.8, 4) is 0 Å². The third-order valence-corrected chi connectivity index (χ3v) is 5.50. The van der Waals surface area contributed by atoms with Gasteiger partial charge in [-0.25, -0.2) is 4.79 Å². The maximum Gasteiger partial charge on any atom is 0.341 e. The molecule has 1 amide bonds. The fourth-order valence-corrected chi connectivity index (χ4v) is 3.79. The standard InChI is InChI=1S/C18H25N3O3/c22-16(20-15-4-2-1-3-5-15)12-21-11-13(10-19-21)17(23)24-18(8-9-18)14-6-7-14/h10-11,14-15H,1-9,12H2,(H,20,22). The predicted octanol–water partition coefficient (Wildman–Crippen LogP) is 2.43. The van der Waals surface area contributed by atoms with E-state index in [4.69, 9.17) is 4.74 Å². The van der Waals surface area contributed by atoms with Gasteiger partial charge in [0.15, 0.2) is 0 Å². The zero-order valence-corrected chi connectivity index (χ0v) is 14.0. The van der Waals surface area contributed by atoms with Crippen LogP contribution in [0.1, 0.15) is 68.1 Å². The molecule has 1 N–H and O–H groups in total. The maximum atomic E-state index is 12.3. The lowest BCUT2D eigenvalue weighted by atomic mass is 9.95. The molecular weight excluding hydrogens is 306 g/mol. The van der Waals surface area contributed by atoms with Crippen LogP contribution < -0.4 is 5.32 Å². The molecule has 0 aliphatic heterocycles. The Morgan fingerprint density at radius 3 is 2.62 bits per heavy atom. The number of carbonyl (C=O) groups is 2. The summed E-state index contributed by atoms with van der Waals surface area (Å²) in [5.74, 6) is 0.220. The Labute approximate surface area is 141 Å². The highest BCUT2D eigenvalue weighted by molar-refractivity contribution is 5.89. The number of nitrogens with zero attached hydrogens (tertiary/aromatic N) is 2. The summed E-state index contributed by atoms with van der Waals surface area (Å²) in [7, 11) is 0. The highest BCUT2D eigenvalue weighted by atomic mass is 16.6. The van der Waals surface area contributed by atoms with Crippen LogP contribution >= 0.6 is 0 Å². The van der Waals surface area contributed by atoms with Crippen LogP contribution in [0.25, 0.3) is 0 Å². The molecule has 0 atom stereocenters. The van der Waals surface area contributed by atoms with Crippen LogP contribution in [-0.2, 0) is 16.1 Å². The molecule has 3 fully saturated rings. The molecular formula is C18H25N3O3. The van der Waals surface area contributed by atoms with Gasteiger partial charge in [0, 0.05) is 12.2 Å². The number of ether oxygens (including phenoxy) is 1. The zero-order valence-electron chi connectivity index (χ0n) is 14.0. The van der Waals surface area contributed by atoms with E-state index in [1.807, 2.05) is 0 Å². The minimum absolute atomic E-state index is 0.0402. The van der Waals surface area contributed by atoms with Gasteiger partial charge in [-0.05, 0) is 44.4 Å². The first-order valence-corrected chi connectivity index (χ1v) is 9.20.